The smallest absolute Gasteiger partial charge is 0.0288 e. The van der Waals surface area contributed by atoms with Gasteiger partial charge in [0.2, 0.25) is 0 Å². The standard InChI is InChI=1S/C9H10BrI/c1-6-3-4-9(11)7(2)8(6)5-10/h3-4H,5H2,1-2H3. The Morgan fingerprint density at radius 3 is 2.45 bits per heavy atom. The zero-order chi connectivity index (χ0) is 8.43. The topological polar surface area (TPSA) is 0 Å². The lowest BCUT2D eigenvalue weighted by molar-refractivity contribution is 1.23. The molecule has 0 atom stereocenters. The molecular formula is C9H10BrI. The Balaban J connectivity index is 3.29. The molecule has 1 aromatic carbocycles. The quantitative estimate of drug-likeness (QED) is 0.544. The van der Waals surface area contributed by atoms with Gasteiger partial charge >= 0.3 is 0 Å². The summed E-state index contributed by atoms with van der Waals surface area (Å²) in [5, 5.41) is 0.960. The molecule has 0 amide bonds. The molecule has 11 heavy (non-hydrogen) atoms. The Hall–Kier alpha value is 0.430. The molecule has 0 bridgehead atoms. The lowest BCUT2D eigenvalue weighted by Gasteiger charge is -2.07. The predicted octanol–water partition coefficient (Wildman–Crippen LogP) is 3.80. The molecule has 1 rings (SSSR count). The number of hydrogen-bond donors (Lipinski definition) is 0. The van der Waals surface area contributed by atoms with Crippen LogP contribution in [0.5, 0.6) is 0 Å². The van der Waals surface area contributed by atoms with Crippen LogP contribution in [0.25, 0.3) is 0 Å². The second kappa shape index (κ2) is 3.90. The highest BCUT2D eigenvalue weighted by molar-refractivity contribution is 14.1. The van der Waals surface area contributed by atoms with Crippen LogP contribution < -0.4 is 0 Å². The molecule has 60 valence electrons. The number of benzene rings is 1. The minimum Gasteiger partial charge on any atom is -0.0876 e. The average Bonchev–Trinajstić information content (AvgIpc) is 1.99. The van der Waals surface area contributed by atoms with Crippen LogP contribution in [0.15, 0.2) is 12.1 Å². The molecule has 0 aliphatic rings. The maximum absolute atomic E-state index is 3.49. The second-order valence-electron chi connectivity index (χ2n) is 2.60. The molecule has 0 aromatic heterocycles. The summed E-state index contributed by atoms with van der Waals surface area (Å²) in [7, 11) is 0. The summed E-state index contributed by atoms with van der Waals surface area (Å²) < 4.78 is 1.35. The van der Waals surface area contributed by atoms with Gasteiger partial charge in [0.15, 0.2) is 0 Å². The van der Waals surface area contributed by atoms with Gasteiger partial charge in [0.05, 0.1) is 0 Å². The number of aryl methyl sites for hydroxylation is 1. The Bertz CT molecular complexity index is 269. The molecule has 0 aliphatic carbocycles. The van der Waals surface area contributed by atoms with E-state index in [9.17, 15) is 0 Å². The van der Waals surface area contributed by atoms with Gasteiger partial charge in [0.1, 0.15) is 0 Å². The van der Waals surface area contributed by atoms with Crippen LogP contribution in [0.4, 0.5) is 0 Å². The van der Waals surface area contributed by atoms with E-state index in [0.29, 0.717) is 0 Å². The van der Waals surface area contributed by atoms with Crippen LogP contribution >= 0.6 is 38.5 Å². The molecule has 0 radical (unpaired) electrons. The Morgan fingerprint density at radius 1 is 1.36 bits per heavy atom. The lowest BCUT2D eigenvalue weighted by atomic mass is 10.1. The number of halogens is 2. The lowest BCUT2D eigenvalue weighted by Crippen LogP contribution is -1.92. The van der Waals surface area contributed by atoms with E-state index in [1.54, 1.807) is 0 Å². The predicted molar refractivity (Wildman–Crippen MR) is 61.3 cm³/mol. The third-order valence-electron chi connectivity index (χ3n) is 1.90. The SMILES string of the molecule is Cc1ccc(I)c(C)c1CBr. The monoisotopic (exact) mass is 324 g/mol. The second-order valence-corrected chi connectivity index (χ2v) is 4.32. The molecule has 0 heterocycles. The van der Waals surface area contributed by atoms with E-state index in [2.05, 4.69) is 64.5 Å². The summed E-state index contributed by atoms with van der Waals surface area (Å²) in [6.45, 7) is 4.32. The van der Waals surface area contributed by atoms with E-state index in [1.165, 1.54) is 20.3 Å². The van der Waals surface area contributed by atoms with Crippen LogP contribution in [-0.2, 0) is 5.33 Å². The van der Waals surface area contributed by atoms with Crippen molar-refractivity contribution < 1.29 is 0 Å². The van der Waals surface area contributed by atoms with Crippen molar-refractivity contribution in [2.24, 2.45) is 0 Å². The largest absolute Gasteiger partial charge is 0.0876 e. The van der Waals surface area contributed by atoms with Gasteiger partial charge in [0, 0.05) is 8.90 Å². The van der Waals surface area contributed by atoms with E-state index in [0.717, 1.165) is 5.33 Å². The number of alkyl halides is 1. The molecule has 1 aromatic rings. The van der Waals surface area contributed by atoms with E-state index < -0.39 is 0 Å². The van der Waals surface area contributed by atoms with Gasteiger partial charge in [-0.3, -0.25) is 0 Å². The average molecular weight is 325 g/mol. The molecule has 0 spiro atoms. The third kappa shape index (κ3) is 1.96. The van der Waals surface area contributed by atoms with Gasteiger partial charge in [-0.1, -0.05) is 22.0 Å². The van der Waals surface area contributed by atoms with Crippen LogP contribution in [-0.4, -0.2) is 0 Å². The van der Waals surface area contributed by atoms with Gasteiger partial charge in [-0.25, -0.2) is 0 Å². The zero-order valence-corrected chi connectivity index (χ0v) is 10.4. The van der Waals surface area contributed by atoms with Crippen LogP contribution in [0, 0.1) is 17.4 Å². The van der Waals surface area contributed by atoms with Crippen molar-refractivity contribution in [3.05, 3.63) is 32.4 Å². The van der Waals surface area contributed by atoms with E-state index in [4.69, 9.17) is 0 Å². The van der Waals surface area contributed by atoms with Crippen molar-refractivity contribution in [2.75, 3.05) is 0 Å². The number of rotatable bonds is 1. The number of hydrogen-bond acceptors (Lipinski definition) is 0. The van der Waals surface area contributed by atoms with Gasteiger partial charge in [0.25, 0.3) is 0 Å². The van der Waals surface area contributed by atoms with Gasteiger partial charge in [-0.05, 0) is 59.2 Å². The normalized spacial score (nSPS) is 10.2. The van der Waals surface area contributed by atoms with Crippen molar-refractivity contribution in [3.63, 3.8) is 0 Å². The first-order chi connectivity index (χ1) is 5.16. The molecule has 0 saturated carbocycles. The van der Waals surface area contributed by atoms with Crippen LogP contribution in [0.3, 0.4) is 0 Å². The highest BCUT2D eigenvalue weighted by atomic mass is 127. The minimum atomic E-state index is 0.960. The van der Waals surface area contributed by atoms with E-state index in [-0.39, 0.29) is 0 Å². The minimum absolute atomic E-state index is 0.960. The summed E-state index contributed by atoms with van der Waals surface area (Å²) in [6, 6.07) is 4.34. The zero-order valence-electron chi connectivity index (χ0n) is 6.62. The first-order valence-corrected chi connectivity index (χ1v) is 5.67. The molecule has 2 heteroatoms. The summed E-state index contributed by atoms with van der Waals surface area (Å²) in [6.07, 6.45) is 0. The Kier molecular flexibility index (Phi) is 3.37. The van der Waals surface area contributed by atoms with Crippen molar-refractivity contribution in [1.82, 2.24) is 0 Å². The summed E-state index contributed by atoms with van der Waals surface area (Å²) >= 11 is 5.86. The van der Waals surface area contributed by atoms with E-state index in [1.807, 2.05) is 0 Å². The third-order valence-corrected chi connectivity index (χ3v) is 3.63. The molecule has 0 fully saturated rings. The first kappa shape index (κ1) is 9.52. The molecule has 0 unspecified atom stereocenters. The molecule has 0 N–H and O–H groups in total. The summed E-state index contributed by atoms with van der Waals surface area (Å²) in [5.74, 6) is 0. The van der Waals surface area contributed by atoms with Crippen LogP contribution in [0.2, 0.25) is 0 Å². The van der Waals surface area contributed by atoms with Crippen LogP contribution in [0.1, 0.15) is 16.7 Å². The maximum Gasteiger partial charge on any atom is 0.0288 e. The van der Waals surface area contributed by atoms with Gasteiger partial charge in [-0.15, -0.1) is 0 Å². The first-order valence-electron chi connectivity index (χ1n) is 3.47. The van der Waals surface area contributed by atoms with Gasteiger partial charge in [-0.2, -0.15) is 0 Å². The van der Waals surface area contributed by atoms with Crippen molar-refractivity contribution >= 4 is 38.5 Å². The fourth-order valence-corrected chi connectivity index (χ4v) is 2.44. The fourth-order valence-electron chi connectivity index (χ4n) is 1.07. The maximum atomic E-state index is 3.49. The van der Waals surface area contributed by atoms with Crippen molar-refractivity contribution in [1.29, 1.82) is 0 Å². The van der Waals surface area contributed by atoms with Crippen molar-refractivity contribution in [2.45, 2.75) is 19.2 Å². The molecule has 0 saturated heterocycles. The summed E-state index contributed by atoms with van der Waals surface area (Å²) in [5.41, 5.74) is 4.21. The molecule has 0 nitrogen and oxygen atoms in total. The highest BCUT2D eigenvalue weighted by Gasteiger charge is 2.02. The molecule has 0 aliphatic heterocycles. The fraction of sp³-hybridized carbons (Fsp3) is 0.333. The Morgan fingerprint density at radius 2 is 2.00 bits per heavy atom. The summed E-state index contributed by atoms with van der Waals surface area (Å²) in [4.78, 5) is 0. The van der Waals surface area contributed by atoms with Crippen molar-refractivity contribution in [3.8, 4) is 0 Å². The Labute approximate surface area is 89.7 Å². The highest BCUT2D eigenvalue weighted by Crippen LogP contribution is 2.21. The van der Waals surface area contributed by atoms with E-state index >= 15 is 0 Å². The molecular weight excluding hydrogens is 315 g/mol. The van der Waals surface area contributed by atoms with Gasteiger partial charge < -0.3 is 0 Å².